The molecule has 1 aromatic carbocycles. The van der Waals surface area contributed by atoms with Crippen LogP contribution in [-0.2, 0) is 0 Å². The van der Waals surface area contributed by atoms with Gasteiger partial charge in [0.15, 0.2) is 5.82 Å². The number of hydrogen-bond donors (Lipinski definition) is 3. The van der Waals surface area contributed by atoms with Crippen molar-refractivity contribution in [2.45, 2.75) is 51.0 Å². The summed E-state index contributed by atoms with van der Waals surface area (Å²) in [6.45, 7) is 2.32. The zero-order chi connectivity index (χ0) is 19.9. The Morgan fingerprint density at radius 3 is 2.60 bits per heavy atom. The summed E-state index contributed by atoms with van der Waals surface area (Å²) in [5, 5.41) is 7.16. The average Bonchev–Trinajstić information content (AvgIpc) is 3.52. The predicted molar refractivity (Wildman–Crippen MR) is 119 cm³/mol. The Bertz CT molecular complexity index is 976. The van der Waals surface area contributed by atoms with Crippen molar-refractivity contribution in [2.75, 3.05) is 28.6 Å². The van der Waals surface area contributed by atoms with E-state index in [4.69, 9.17) is 0 Å². The summed E-state index contributed by atoms with van der Waals surface area (Å²) in [5.41, 5.74) is 3.14. The van der Waals surface area contributed by atoms with Crippen molar-refractivity contribution < 1.29 is 0 Å². The molecular formula is C23H29N7. The van der Waals surface area contributed by atoms with Crippen LogP contribution in [0.1, 0.15) is 44.9 Å². The molecule has 1 saturated heterocycles. The van der Waals surface area contributed by atoms with E-state index in [-0.39, 0.29) is 0 Å². The molecule has 0 radical (unpaired) electrons. The first-order valence-electron chi connectivity index (χ1n) is 11.4. The van der Waals surface area contributed by atoms with Crippen LogP contribution in [-0.4, -0.2) is 39.1 Å². The Kier molecular flexibility index (Phi) is 4.47. The van der Waals surface area contributed by atoms with Gasteiger partial charge in [0.05, 0.1) is 0 Å². The average molecular weight is 404 g/mol. The third-order valence-electron chi connectivity index (χ3n) is 7.20. The zero-order valence-corrected chi connectivity index (χ0v) is 17.3. The van der Waals surface area contributed by atoms with Gasteiger partial charge in [0.25, 0.3) is 0 Å². The number of hydrogen-bond acceptors (Lipinski definition) is 6. The van der Waals surface area contributed by atoms with Gasteiger partial charge in [-0.05, 0) is 74.6 Å². The molecule has 30 heavy (non-hydrogen) atoms. The molecule has 7 heteroatoms. The van der Waals surface area contributed by atoms with Gasteiger partial charge < -0.3 is 20.5 Å². The second-order valence-corrected chi connectivity index (χ2v) is 9.15. The van der Waals surface area contributed by atoms with Crippen LogP contribution in [0.3, 0.4) is 0 Å². The van der Waals surface area contributed by atoms with Crippen LogP contribution in [0.5, 0.6) is 0 Å². The second-order valence-electron chi connectivity index (χ2n) is 9.15. The smallest absolute Gasteiger partial charge is 0.208 e. The minimum atomic E-state index is 0.527. The number of nitrogens with one attached hydrogen (secondary N) is 3. The largest absolute Gasteiger partial charge is 0.372 e. The maximum absolute atomic E-state index is 4.64. The summed E-state index contributed by atoms with van der Waals surface area (Å²) in [5.74, 6) is 3.98. The van der Waals surface area contributed by atoms with Crippen LogP contribution in [0.2, 0.25) is 0 Å². The fourth-order valence-electron chi connectivity index (χ4n) is 5.64. The van der Waals surface area contributed by atoms with Crippen molar-refractivity contribution in [2.24, 2.45) is 11.8 Å². The summed E-state index contributed by atoms with van der Waals surface area (Å²) in [6, 6.07) is 9.18. The standard InChI is InChI=1S/C23H29N7/c1-2-10-30(11-3-1)18-8-6-17(7-9-18)26-23-28-21-20(24-14-25-21)22(29-23)27-19-13-15-4-5-16(19)12-15/h6-9,14-16,19H,1-5,10-13H2,(H3,24,25,26,27,28,29). The molecule has 156 valence electrons. The number of benzene rings is 1. The number of aromatic nitrogens is 4. The molecule has 2 aliphatic carbocycles. The minimum Gasteiger partial charge on any atom is -0.372 e. The first-order valence-corrected chi connectivity index (χ1v) is 11.4. The van der Waals surface area contributed by atoms with Gasteiger partial charge in [-0.2, -0.15) is 4.98 Å². The predicted octanol–water partition coefficient (Wildman–Crippen LogP) is 4.64. The van der Waals surface area contributed by atoms with Gasteiger partial charge >= 0.3 is 0 Å². The Balaban J connectivity index is 1.21. The number of H-pyrrole nitrogens is 1. The zero-order valence-electron chi connectivity index (χ0n) is 17.3. The van der Waals surface area contributed by atoms with Crippen molar-refractivity contribution in [3.05, 3.63) is 30.6 Å². The van der Waals surface area contributed by atoms with E-state index in [1.165, 1.54) is 50.6 Å². The summed E-state index contributed by atoms with van der Waals surface area (Å²) in [6.07, 6.45) is 10.9. The highest BCUT2D eigenvalue weighted by molar-refractivity contribution is 5.71. The lowest BCUT2D eigenvalue weighted by atomic mass is 9.95. The number of aromatic amines is 1. The Morgan fingerprint density at radius 1 is 0.967 bits per heavy atom. The Labute approximate surface area is 177 Å². The molecule has 3 aliphatic heterocycles. The summed E-state index contributed by atoms with van der Waals surface area (Å²) in [4.78, 5) is 19.3. The number of fused-ring (bicyclic) bond motifs is 3. The molecule has 2 bridgehead atoms. The topological polar surface area (TPSA) is 81.8 Å². The van der Waals surface area contributed by atoms with E-state index in [0.29, 0.717) is 17.8 Å². The van der Waals surface area contributed by atoms with E-state index in [9.17, 15) is 0 Å². The van der Waals surface area contributed by atoms with Gasteiger partial charge in [0, 0.05) is 30.5 Å². The van der Waals surface area contributed by atoms with Gasteiger partial charge in [0.1, 0.15) is 17.8 Å². The number of rotatable bonds is 5. The van der Waals surface area contributed by atoms with E-state index in [1.807, 2.05) is 0 Å². The SMILES string of the molecule is c1nc2nc(Nc3ccc(N4CCCCC4)cc3)[nH]c(NC3CC4CCC3C4)c-2n1. The van der Waals surface area contributed by atoms with Crippen molar-refractivity contribution in [1.29, 1.82) is 0 Å². The van der Waals surface area contributed by atoms with Crippen molar-refractivity contribution in [3.8, 4) is 11.5 Å². The van der Waals surface area contributed by atoms with Crippen LogP contribution < -0.4 is 15.5 Å². The number of imidazole rings is 1. The molecular weight excluding hydrogens is 374 g/mol. The Morgan fingerprint density at radius 2 is 1.83 bits per heavy atom. The summed E-state index contributed by atoms with van der Waals surface area (Å²) < 4.78 is 0. The van der Waals surface area contributed by atoms with E-state index < -0.39 is 0 Å². The lowest BCUT2D eigenvalue weighted by molar-refractivity contribution is 0.439. The minimum absolute atomic E-state index is 0.527. The van der Waals surface area contributed by atoms with Crippen LogP contribution in [0.15, 0.2) is 30.6 Å². The normalized spacial score (nSPS) is 25.7. The number of piperidine rings is 1. The number of nitrogens with zero attached hydrogens (tertiary/aromatic N) is 4. The molecule has 0 aromatic heterocycles. The van der Waals surface area contributed by atoms with E-state index in [0.717, 1.165) is 42.1 Å². The molecule has 1 aromatic rings. The van der Waals surface area contributed by atoms with E-state index in [2.05, 4.69) is 59.7 Å². The van der Waals surface area contributed by atoms with Gasteiger partial charge in [0.2, 0.25) is 5.95 Å². The molecule has 3 atom stereocenters. The molecule has 2 saturated carbocycles. The lowest BCUT2D eigenvalue weighted by Crippen LogP contribution is -2.29. The van der Waals surface area contributed by atoms with Gasteiger partial charge in [-0.15, -0.1) is 0 Å². The van der Waals surface area contributed by atoms with Crippen LogP contribution in [0.25, 0.3) is 11.5 Å². The van der Waals surface area contributed by atoms with Gasteiger partial charge in [-0.1, -0.05) is 6.42 Å². The highest BCUT2D eigenvalue weighted by atomic mass is 15.2. The molecule has 3 N–H and O–H groups in total. The van der Waals surface area contributed by atoms with Crippen molar-refractivity contribution in [1.82, 2.24) is 19.9 Å². The third kappa shape index (κ3) is 3.36. The third-order valence-corrected chi connectivity index (χ3v) is 7.20. The lowest BCUT2D eigenvalue weighted by Gasteiger charge is -2.28. The molecule has 7 nitrogen and oxygen atoms in total. The molecule has 3 heterocycles. The van der Waals surface area contributed by atoms with Crippen molar-refractivity contribution in [3.63, 3.8) is 0 Å². The van der Waals surface area contributed by atoms with E-state index in [1.54, 1.807) is 6.33 Å². The summed E-state index contributed by atoms with van der Waals surface area (Å²) in [7, 11) is 0. The maximum Gasteiger partial charge on any atom is 0.208 e. The second kappa shape index (κ2) is 7.45. The molecule has 0 spiro atoms. The first-order chi connectivity index (χ1) is 14.8. The van der Waals surface area contributed by atoms with Crippen LogP contribution >= 0.6 is 0 Å². The summed E-state index contributed by atoms with van der Waals surface area (Å²) >= 11 is 0. The molecule has 0 amide bonds. The first kappa shape index (κ1) is 18.0. The fourth-order valence-corrected chi connectivity index (χ4v) is 5.64. The van der Waals surface area contributed by atoms with Gasteiger partial charge in [-0.3, -0.25) is 0 Å². The molecule has 3 unspecified atom stereocenters. The molecule has 6 rings (SSSR count). The fraction of sp³-hybridized carbons (Fsp3) is 0.522. The maximum atomic E-state index is 4.64. The van der Waals surface area contributed by atoms with Crippen LogP contribution in [0, 0.1) is 11.8 Å². The van der Waals surface area contributed by atoms with E-state index >= 15 is 0 Å². The Hall–Kier alpha value is -2.83. The van der Waals surface area contributed by atoms with Crippen LogP contribution in [0.4, 0.5) is 23.1 Å². The van der Waals surface area contributed by atoms with Gasteiger partial charge in [-0.25, -0.2) is 9.97 Å². The van der Waals surface area contributed by atoms with Crippen molar-refractivity contribution >= 4 is 23.1 Å². The number of anilines is 4. The highest BCUT2D eigenvalue weighted by Crippen LogP contribution is 2.46. The molecule has 5 aliphatic rings. The monoisotopic (exact) mass is 403 g/mol. The highest BCUT2D eigenvalue weighted by Gasteiger charge is 2.40. The quantitative estimate of drug-likeness (QED) is 0.576. The molecule has 3 fully saturated rings.